The van der Waals surface area contributed by atoms with Gasteiger partial charge in [-0.25, -0.2) is 9.97 Å². The van der Waals surface area contributed by atoms with Crippen LogP contribution in [-0.2, 0) is 0 Å². The number of rotatable bonds is 4. The summed E-state index contributed by atoms with van der Waals surface area (Å²) in [5.41, 5.74) is 1.62. The van der Waals surface area contributed by atoms with E-state index >= 15 is 0 Å². The van der Waals surface area contributed by atoms with Crippen LogP contribution in [0.4, 0.5) is 11.5 Å². The number of hydrogen-bond donors (Lipinski definition) is 1. The second-order valence-corrected chi connectivity index (χ2v) is 4.74. The highest BCUT2D eigenvalue weighted by Gasteiger charge is 2.13. The van der Waals surface area contributed by atoms with Crippen LogP contribution in [0.5, 0.6) is 11.5 Å². The van der Waals surface area contributed by atoms with E-state index in [2.05, 4.69) is 15.3 Å². The van der Waals surface area contributed by atoms with Gasteiger partial charge in [0, 0.05) is 11.1 Å². The summed E-state index contributed by atoms with van der Waals surface area (Å²) in [4.78, 5) is 7.98. The molecule has 1 N–H and O–H groups in total. The minimum absolute atomic E-state index is 0.231. The monoisotopic (exact) mass is 313 g/mol. The number of nitrogens with one attached hydrogen (secondary N) is 1. The number of benzene rings is 1. The second kappa shape index (κ2) is 6.15. The Kier molecular flexibility index (Phi) is 4.52. The van der Waals surface area contributed by atoms with Gasteiger partial charge < -0.3 is 14.8 Å². The van der Waals surface area contributed by atoms with Gasteiger partial charge in [0.1, 0.15) is 12.1 Å². The Morgan fingerprint density at radius 2 is 1.85 bits per heavy atom. The number of halogens is 2. The number of aromatic nitrogens is 2. The van der Waals surface area contributed by atoms with Crippen LogP contribution < -0.4 is 14.8 Å². The van der Waals surface area contributed by atoms with E-state index in [4.69, 9.17) is 32.7 Å². The average molecular weight is 314 g/mol. The molecule has 0 saturated heterocycles. The lowest BCUT2D eigenvalue weighted by molar-refractivity contribution is 0.412. The molecule has 106 valence electrons. The number of nitrogens with zero attached hydrogens (tertiary/aromatic N) is 2. The lowest BCUT2D eigenvalue weighted by Gasteiger charge is -2.14. The first-order valence-corrected chi connectivity index (χ1v) is 6.48. The normalized spacial score (nSPS) is 10.2. The van der Waals surface area contributed by atoms with E-state index < -0.39 is 0 Å². The van der Waals surface area contributed by atoms with Crippen molar-refractivity contribution in [1.82, 2.24) is 9.97 Å². The van der Waals surface area contributed by atoms with Crippen LogP contribution in [0.25, 0.3) is 0 Å². The van der Waals surface area contributed by atoms with Crippen molar-refractivity contribution in [2.75, 3.05) is 19.5 Å². The van der Waals surface area contributed by atoms with Gasteiger partial charge in [-0.15, -0.1) is 0 Å². The molecular weight excluding hydrogens is 301 g/mol. The second-order valence-electron chi connectivity index (χ2n) is 3.97. The summed E-state index contributed by atoms with van der Waals surface area (Å²) in [5, 5.41) is 3.96. The Bertz CT molecular complexity index is 635. The molecule has 0 unspecified atom stereocenters. The summed E-state index contributed by atoms with van der Waals surface area (Å²) in [5.74, 6) is 1.41. The molecule has 2 aromatic rings. The third kappa shape index (κ3) is 2.89. The topological polar surface area (TPSA) is 56.3 Å². The zero-order valence-corrected chi connectivity index (χ0v) is 12.7. The van der Waals surface area contributed by atoms with E-state index in [-0.39, 0.29) is 5.15 Å². The summed E-state index contributed by atoms with van der Waals surface area (Å²) in [7, 11) is 3.07. The van der Waals surface area contributed by atoms with Gasteiger partial charge in [0.25, 0.3) is 0 Å². The lowest BCUT2D eigenvalue weighted by Crippen LogP contribution is -2.01. The van der Waals surface area contributed by atoms with Crippen LogP contribution >= 0.6 is 23.2 Å². The smallest absolute Gasteiger partial charge is 0.199 e. The van der Waals surface area contributed by atoms with Crippen molar-refractivity contribution in [3.63, 3.8) is 0 Å². The number of ether oxygens (including phenoxy) is 2. The Morgan fingerprint density at radius 1 is 1.10 bits per heavy atom. The Balaban J connectivity index is 2.45. The maximum atomic E-state index is 6.07. The fourth-order valence-corrected chi connectivity index (χ4v) is 2.04. The quantitative estimate of drug-likeness (QED) is 0.869. The van der Waals surface area contributed by atoms with Gasteiger partial charge in [-0.2, -0.15) is 0 Å². The van der Waals surface area contributed by atoms with Crippen molar-refractivity contribution in [1.29, 1.82) is 0 Å². The predicted molar refractivity (Wildman–Crippen MR) is 79.6 cm³/mol. The minimum Gasteiger partial charge on any atom is -0.495 e. The van der Waals surface area contributed by atoms with Crippen LogP contribution in [0, 0.1) is 6.92 Å². The summed E-state index contributed by atoms with van der Waals surface area (Å²) >= 11 is 12.0. The van der Waals surface area contributed by atoms with Gasteiger partial charge in [-0.1, -0.05) is 23.2 Å². The summed E-state index contributed by atoms with van der Waals surface area (Å²) in [6.07, 6.45) is 1.35. The third-order valence-electron chi connectivity index (χ3n) is 2.70. The maximum Gasteiger partial charge on any atom is 0.199 e. The Labute approximate surface area is 126 Å². The zero-order chi connectivity index (χ0) is 14.7. The van der Waals surface area contributed by atoms with Crippen LogP contribution in [0.3, 0.4) is 0 Å². The largest absolute Gasteiger partial charge is 0.495 e. The van der Waals surface area contributed by atoms with E-state index in [1.165, 1.54) is 13.4 Å². The molecule has 5 nitrogen and oxygen atoms in total. The average Bonchev–Trinajstić information content (AvgIpc) is 2.43. The molecule has 0 spiro atoms. The minimum atomic E-state index is 0.231. The van der Waals surface area contributed by atoms with Gasteiger partial charge >= 0.3 is 0 Å². The van der Waals surface area contributed by atoms with Gasteiger partial charge in [0.05, 0.1) is 19.9 Å². The number of hydrogen-bond acceptors (Lipinski definition) is 5. The first-order chi connectivity index (χ1) is 9.56. The maximum absolute atomic E-state index is 6.07. The fourth-order valence-electron chi connectivity index (χ4n) is 1.68. The van der Waals surface area contributed by atoms with Crippen molar-refractivity contribution in [2.24, 2.45) is 0 Å². The van der Waals surface area contributed by atoms with E-state index in [0.717, 1.165) is 5.56 Å². The number of aryl methyl sites for hydroxylation is 1. The highest BCUT2D eigenvalue weighted by molar-refractivity contribution is 6.31. The van der Waals surface area contributed by atoms with Crippen LogP contribution in [0.1, 0.15) is 5.56 Å². The van der Waals surface area contributed by atoms with E-state index in [1.54, 1.807) is 13.2 Å². The summed E-state index contributed by atoms with van der Waals surface area (Å²) in [6.45, 7) is 1.90. The highest BCUT2D eigenvalue weighted by atomic mass is 35.5. The molecule has 0 amide bonds. The molecule has 7 heteroatoms. The first kappa shape index (κ1) is 14.7. The van der Waals surface area contributed by atoms with E-state index in [0.29, 0.717) is 28.0 Å². The van der Waals surface area contributed by atoms with Crippen molar-refractivity contribution < 1.29 is 9.47 Å². The van der Waals surface area contributed by atoms with Gasteiger partial charge in [0.2, 0.25) is 0 Å². The number of methoxy groups -OCH3 is 2. The first-order valence-electron chi connectivity index (χ1n) is 5.72. The molecule has 2 rings (SSSR count). The molecule has 0 saturated carbocycles. The molecule has 0 radical (unpaired) electrons. The van der Waals surface area contributed by atoms with E-state index in [1.807, 2.05) is 13.0 Å². The molecule has 0 aliphatic rings. The molecule has 1 aromatic heterocycles. The van der Waals surface area contributed by atoms with Crippen molar-refractivity contribution in [2.45, 2.75) is 6.92 Å². The fraction of sp³-hybridized carbons (Fsp3) is 0.231. The molecule has 0 atom stereocenters. The SMILES string of the molecule is COc1cc(Cl)c(C)cc1Nc1ncnc(Cl)c1OC. The van der Waals surface area contributed by atoms with Gasteiger partial charge in [-0.05, 0) is 18.6 Å². The lowest BCUT2D eigenvalue weighted by atomic mass is 10.2. The van der Waals surface area contributed by atoms with Crippen LogP contribution in [0.2, 0.25) is 10.2 Å². The standard InChI is InChI=1S/C13H13Cl2N3O2/c1-7-4-9(10(19-2)5-8(7)14)18-13-11(20-3)12(15)16-6-17-13/h4-6H,1-3H3,(H,16,17,18). The molecule has 1 aromatic carbocycles. The van der Waals surface area contributed by atoms with Crippen molar-refractivity contribution >= 4 is 34.7 Å². The van der Waals surface area contributed by atoms with Gasteiger partial charge in [-0.3, -0.25) is 0 Å². The Hall–Kier alpha value is -1.72. The molecule has 0 fully saturated rings. The van der Waals surface area contributed by atoms with Crippen molar-refractivity contribution in [3.05, 3.63) is 34.2 Å². The molecule has 1 heterocycles. The van der Waals surface area contributed by atoms with Crippen LogP contribution in [-0.4, -0.2) is 24.2 Å². The van der Waals surface area contributed by atoms with E-state index in [9.17, 15) is 0 Å². The molecular formula is C13H13Cl2N3O2. The predicted octanol–water partition coefficient (Wildman–Crippen LogP) is 3.85. The molecule has 0 bridgehead atoms. The molecule has 20 heavy (non-hydrogen) atoms. The van der Waals surface area contributed by atoms with Crippen molar-refractivity contribution in [3.8, 4) is 11.5 Å². The highest BCUT2D eigenvalue weighted by Crippen LogP contribution is 2.36. The third-order valence-corrected chi connectivity index (χ3v) is 3.37. The Morgan fingerprint density at radius 3 is 2.50 bits per heavy atom. The zero-order valence-electron chi connectivity index (χ0n) is 11.2. The summed E-state index contributed by atoms with van der Waals surface area (Å²) < 4.78 is 10.5. The number of anilines is 2. The molecule has 0 aliphatic heterocycles. The molecule has 0 aliphatic carbocycles. The van der Waals surface area contributed by atoms with Crippen LogP contribution in [0.15, 0.2) is 18.5 Å². The summed E-state index contributed by atoms with van der Waals surface area (Å²) in [6, 6.07) is 3.59. The van der Waals surface area contributed by atoms with Gasteiger partial charge in [0.15, 0.2) is 16.7 Å².